The molecule has 0 saturated heterocycles. The maximum atomic E-state index is 4.54. The molecule has 0 aliphatic carbocycles. The van der Waals surface area contributed by atoms with E-state index in [0.717, 1.165) is 11.2 Å². The van der Waals surface area contributed by atoms with Crippen molar-refractivity contribution in [2.75, 3.05) is 0 Å². The van der Waals surface area contributed by atoms with Crippen LogP contribution in [0.15, 0.2) is 60.8 Å². The van der Waals surface area contributed by atoms with E-state index in [1.165, 1.54) is 21.7 Å². The number of benzene rings is 2. The van der Waals surface area contributed by atoms with Crippen molar-refractivity contribution in [3.05, 3.63) is 66.4 Å². The number of halogens is 2. The molecule has 4 rings (SSSR count). The van der Waals surface area contributed by atoms with Gasteiger partial charge in [-0.05, 0) is 6.07 Å². The van der Waals surface area contributed by atoms with E-state index in [0.29, 0.717) is 0 Å². The average molecular weight is 409 g/mol. The number of para-hydroxylation sites is 1. The molecule has 0 atom stereocenters. The molecule has 3 aromatic carbocycles. The third kappa shape index (κ3) is 3.03. The summed E-state index contributed by atoms with van der Waals surface area (Å²) in [5.41, 5.74) is 3.58. The fourth-order valence-electron chi connectivity index (χ4n) is 2.72. The Kier molecular flexibility index (Phi) is 6.49. The molecule has 0 fully saturated rings. The van der Waals surface area contributed by atoms with Gasteiger partial charge in [0, 0.05) is 37.3 Å². The van der Waals surface area contributed by atoms with Crippen molar-refractivity contribution >= 4 is 46.5 Å². The van der Waals surface area contributed by atoms with Gasteiger partial charge in [0.15, 0.2) is 0 Å². The number of hydrogen-bond acceptors (Lipinski definition) is 1. The molecule has 0 saturated carbocycles. The molecular weight excluding hydrogens is 394 g/mol. The van der Waals surface area contributed by atoms with Crippen molar-refractivity contribution in [3.8, 4) is 5.69 Å². The number of rotatable bonds is 1. The first-order valence-electron chi connectivity index (χ1n) is 6.42. The fourth-order valence-corrected chi connectivity index (χ4v) is 2.72. The van der Waals surface area contributed by atoms with Crippen LogP contribution in [0, 0.1) is 6.92 Å². The number of hydrogen-bond donors (Lipinski definition) is 0. The largest absolute Gasteiger partial charge is 0.243 e. The molecule has 0 amide bonds. The minimum atomic E-state index is 0. The van der Waals surface area contributed by atoms with Gasteiger partial charge in [0.2, 0.25) is 0 Å². The predicted molar refractivity (Wildman–Crippen MR) is 93.4 cm³/mol. The Balaban J connectivity index is 0.000000807. The Hall–Kier alpha value is -1.02. The molecule has 5 heteroatoms. The summed E-state index contributed by atoms with van der Waals surface area (Å²) in [5.74, 6) is 0. The molecule has 0 radical (unpaired) electrons. The maximum absolute atomic E-state index is 4.54. The van der Waals surface area contributed by atoms with Gasteiger partial charge >= 0.3 is 0 Å². The summed E-state index contributed by atoms with van der Waals surface area (Å²) in [5, 5.41) is 8.24. The quantitative estimate of drug-likeness (QED) is 0.403. The zero-order valence-electron chi connectivity index (χ0n) is 12.0. The Morgan fingerprint density at radius 1 is 1.00 bits per heavy atom. The Labute approximate surface area is 160 Å². The first kappa shape index (κ1) is 19.0. The summed E-state index contributed by atoms with van der Waals surface area (Å²) in [7, 11) is 0. The zero-order valence-corrected chi connectivity index (χ0v) is 16.1. The third-order valence-corrected chi connectivity index (χ3v) is 3.58. The summed E-state index contributed by atoms with van der Waals surface area (Å²) < 4.78 is 2.02. The number of aromatic nitrogens is 2. The molecule has 0 aliphatic rings. The molecule has 112 valence electrons. The van der Waals surface area contributed by atoms with Gasteiger partial charge in [-0.2, -0.15) is 11.2 Å². The third-order valence-electron chi connectivity index (χ3n) is 3.58. The van der Waals surface area contributed by atoms with Gasteiger partial charge in [-0.1, -0.05) is 31.2 Å². The monoisotopic (exact) mass is 407 g/mol. The van der Waals surface area contributed by atoms with Crippen molar-refractivity contribution in [1.82, 2.24) is 9.78 Å². The minimum absolute atomic E-state index is 0. The van der Waals surface area contributed by atoms with E-state index in [4.69, 9.17) is 0 Å². The van der Waals surface area contributed by atoms with Crippen molar-refractivity contribution in [2.45, 2.75) is 6.92 Å². The Morgan fingerprint density at radius 2 is 1.77 bits per heavy atom. The zero-order chi connectivity index (χ0) is 12.8. The SMILES string of the molecule is Cc1cc2c(-n3ncc4ccccc43)cccc2[cH-]1.Cl.Cl.[Zr]. The van der Waals surface area contributed by atoms with Gasteiger partial charge in [-0.25, -0.2) is 4.68 Å². The van der Waals surface area contributed by atoms with E-state index in [1.807, 2.05) is 16.9 Å². The van der Waals surface area contributed by atoms with Gasteiger partial charge in [-0.15, -0.1) is 59.3 Å². The summed E-state index contributed by atoms with van der Waals surface area (Å²) in [6, 6.07) is 19.1. The average Bonchev–Trinajstić information content (AvgIpc) is 3.00. The fraction of sp³-hybridized carbons (Fsp3) is 0.0588. The predicted octanol–water partition coefficient (Wildman–Crippen LogP) is 5.05. The molecule has 0 spiro atoms. The van der Waals surface area contributed by atoms with E-state index in [1.54, 1.807) is 0 Å². The molecule has 1 heterocycles. The number of aryl methyl sites for hydroxylation is 1. The van der Waals surface area contributed by atoms with E-state index in [9.17, 15) is 0 Å². The first-order chi connectivity index (χ1) is 9.33. The van der Waals surface area contributed by atoms with Gasteiger partial charge in [0.1, 0.15) is 0 Å². The van der Waals surface area contributed by atoms with Crippen LogP contribution in [0.25, 0.3) is 27.4 Å². The summed E-state index contributed by atoms with van der Waals surface area (Å²) in [6.45, 7) is 2.13. The van der Waals surface area contributed by atoms with E-state index >= 15 is 0 Å². The molecule has 0 N–H and O–H groups in total. The maximum Gasteiger partial charge on any atom is 0.0731 e. The van der Waals surface area contributed by atoms with E-state index in [-0.39, 0.29) is 51.0 Å². The van der Waals surface area contributed by atoms with Gasteiger partial charge in [-0.3, -0.25) is 0 Å². The van der Waals surface area contributed by atoms with E-state index < -0.39 is 0 Å². The minimum Gasteiger partial charge on any atom is -0.243 e. The van der Waals surface area contributed by atoms with Crippen molar-refractivity contribution in [3.63, 3.8) is 0 Å². The van der Waals surface area contributed by atoms with Crippen molar-refractivity contribution in [1.29, 1.82) is 0 Å². The topological polar surface area (TPSA) is 17.8 Å². The van der Waals surface area contributed by atoms with Crippen LogP contribution in [0.4, 0.5) is 0 Å². The molecular formula is C17H15Cl2N2Zr-. The smallest absolute Gasteiger partial charge is 0.0731 e. The molecule has 4 aromatic rings. The van der Waals surface area contributed by atoms with Crippen LogP contribution in [0.3, 0.4) is 0 Å². The second kappa shape index (κ2) is 7.50. The van der Waals surface area contributed by atoms with Crippen LogP contribution in [-0.2, 0) is 26.2 Å². The van der Waals surface area contributed by atoms with Crippen LogP contribution >= 0.6 is 24.8 Å². The van der Waals surface area contributed by atoms with Crippen LogP contribution in [-0.4, -0.2) is 9.78 Å². The van der Waals surface area contributed by atoms with Crippen LogP contribution in [0.2, 0.25) is 0 Å². The van der Waals surface area contributed by atoms with E-state index in [2.05, 4.69) is 60.6 Å². The molecule has 22 heavy (non-hydrogen) atoms. The summed E-state index contributed by atoms with van der Waals surface area (Å²) >= 11 is 0. The second-order valence-corrected chi connectivity index (χ2v) is 4.93. The normalized spacial score (nSPS) is 9.86. The van der Waals surface area contributed by atoms with Crippen LogP contribution < -0.4 is 0 Å². The Bertz CT molecular complexity index is 896. The van der Waals surface area contributed by atoms with Crippen LogP contribution in [0.5, 0.6) is 0 Å². The molecule has 2 nitrogen and oxygen atoms in total. The molecule has 1 aromatic heterocycles. The van der Waals surface area contributed by atoms with Gasteiger partial charge in [0.05, 0.1) is 11.7 Å². The van der Waals surface area contributed by atoms with Gasteiger partial charge < -0.3 is 0 Å². The van der Waals surface area contributed by atoms with Gasteiger partial charge in [0.25, 0.3) is 0 Å². The molecule has 0 unspecified atom stereocenters. The number of nitrogens with zero attached hydrogens (tertiary/aromatic N) is 2. The van der Waals surface area contributed by atoms with Crippen molar-refractivity contribution < 1.29 is 26.2 Å². The van der Waals surface area contributed by atoms with Crippen LogP contribution in [0.1, 0.15) is 5.56 Å². The summed E-state index contributed by atoms with van der Waals surface area (Å²) in [4.78, 5) is 0. The molecule has 0 bridgehead atoms. The molecule has 0 aliphatic heterocycles. The van der Waals surface area contributed by atoms with Crippen molar-refractivity contribution in [2.24, 2.45) is 0 Å². The standard InChI is InChI=1S/C17H13N2.2ClH.Zr/c1-12-9-13-6-4-8-17(15(13)10-12)19-16-7-3-2-5-14(16)11-18-19;;;/h2-11H,1H3;2*1H;/q-1;;;. The summed E-state index contributed by atoms with van der Waals surface area (Å²) in [6.07, 6.45) is 1.92. The second-order valence-electron chi connectivity index (χ2n) is 4.93. The Morgan fingerprint density at radius 3 is 2.59 bits per heavy atom. The number of fused-ring (bicyclic) bond motifs is 2. The first-order valence-corrected chi connectivity index (χ1v) is 6.42.